The molecule has 33 heavy (non-hydrogen) atoms. The van der Waals surface area contributed by atoms with Crippen molar-refractivity contribution in [2.24, 2.45) is 5.92 Å². The van der Waals surface area contributed by atoms with Gasteiger partial charge in [0.15, 0.2) is 0 Å². The molecule has 0 radical (unpaired) electrons. The van der Waals surface area contributed by atoms with Crippen molar-refractivity contribution < 1.29 is 37.3 Å². The van der Waals surface area contributed by atoms with Crippen molar-refractivity contribution in [3.63, 3.8) is 0 Å². The third-order valence-electron chi connectivity index (χ3n) is 5.79. The number of hydrogen-bond acceptors (Lipinski definition) is 5. The zero-order chi connectivity index (χ0) is 23.8. The average molecular weight is 466 g/mol. The lowest BCUT2D eigenvalue weighted by Gasteiger charge is -2.43. The Kier molecular flexibility index (Phi) is 6.15. The molecule has 1 aromatic carbocycles. The number of aromatic nitrogens is 1. The van der Waals surface area contributed by atoms with E-state index in [1.165, 1.54) is 30.3 Å². The first kappa shape index (κ1) is 22.8. The third kappa shape index (κ3) is 5.19. The summed E-state index contributed by atoms with van der Waals surface area (Å²) in [5.41, 5.74) is 1.88. The number of rotatable bonds is 6. The number of hydrogen-bond donors (Lipinski definition) is 1. The summed E-state index contributed by atoms with van der Waals surface area (Å²) in [4.78, 5) is 37.3. The fraction of sp³-hybridized carbons (Fsp3) is 0.409. The number of amides is 1. The van der Waals surface area contributed by atoms with Crippen molar-refractivity contribution in [2.45, 2.75) is 25.2 Å². The normalized spacial score (nSPS) is 19.7. The molecule has 1 fully saturated rings. The van der Waals surface area contributed by atoms with Gasteiger partial charge >= 0.3 is 12.3 Å². The summed E-state index contributed by atoms with van der Waals surface area (Å²) in [6, 6.07) is 8.51. The Morgan fingerprint density at radius 2 is 1.76 bits per heavy atom. The Bertz CT molecular complexity index is 1110. The molecular weight excluding hydrogens is 445 g/mol. The molecule has 176 valence electrons. The van der Waals surface area contributed by atoms with E-state index in [0.29, 0.717) is 30.8 Å². The van der Waals surface area contributed by atoms with Gasteiger partial charge in [0.1, 0.15) is 19.0 Å². The summed E-state index contributed by atoms with van der Waals surface area (Å²) in [7, 11) is 0. The van der Waals surface area contributed by atoms with Gasteiger partial charge in [-0.05, 0) is 36.1 Å². The highest BCUT2D eigenvalue weighted by atomic mass is 19.4. The Morgan fingerprint density at radius 3 is 2.42 bits per heavy atom. The van der Waals surface area contributed by atoms with E-state index >= 15 is 0 Å². The van der Waals surface area contributed by atoms with Crippen LogP contribution in [0.5, 0.6) is 5.75 Å². The largest absolute Gasteiger partial charge is 0.573 e. The van der Waals surface area contributed by atoms with E-state index in [-0.39, 0.29) is 35.7 Å². The highest BCUT2D eigenvalue weighted by Crippen LogP contribution is 2.40. The van der Waals surface area contributed by atoms with Crippen LogP contribution in [-0.2, 0) is 20.9 Å². The van der Waals surface area contributed by atoms with E-state index in [1.807, 2.05) is 0 Å². The first-order chi connectivity index (χ1) is 15.6. The molecule has 2 aromatic rings. The van der Waals surface area contributed by atoms with Gasteiger partial charge < -0.3 is 24.0 Å². The number of aliphatic carboxylic acids is 1. The SMILES string of the molecule is O=C(O)COCC(=O)N1C[C@@H]2C[C@@H](C1)c1c(-c3ccc(OC(F)(F)F)cc3)ccc(=O)n1C2. The van der Waals surface area contributed by atoms with Gasteiger partial charge in [-0.2, -0.15) is 0 Å². The zero-order valence-corrected chi connectivity index (χ0v) is 17.4. The van der Waals surface area contributed by atoms with Crippen LogP contribution in [0, 0.1) is 5.92 Å². The molecule has 8 nitrogen and oxygen atoms in total. The van der Waals surface area contributed by atoms with Crippen LogP contribution in [0.3, 0.4) is 0 Å². The van der Waals surface area contributed by atoms with E-state index in [1.54, 1.807) is 15.5 Å². The number of benzene rings is 1. The monoisotopic (exact) mass is 466 g/mol. The lowest BCUT2D eigenvalue weighted by Crippen LogP contribution is -2.50. The summed E-state index contributed by atoms with van der Waals surface area (Å²) >= 11 is 0. The number of fused-ring (bicyclic) bond motifs is 4. The number of likely N-dealkylation sites (tertiary alicyclic amines) is 1. The lowest BCUT2D eigenvalue weighted by atomic mass is 9.80. The summed E-state index contributed by atoms with van der Waals surface area (Å²) in [5.74, 6) is -1.94. The van der Waals surface area contributed by atoms with Gasteiger partial charge in [0.25, 0.3) is 5.56 Å². The quantitative estimate of drug-likeness (QED) is 0.703. The van der Waals surface area contributed by atoms with E-state index in [4.69, 9.17) is 9.84 Å². The fourth-order valence-electron chi connectivity index (χ4n) is 4.62. The molecule has 1 aromatic heterocycles. The van der Waals surface area contributed by atoms with Gasteiger partial charge in [-0.3, -0.25) is 9.59 Å². The van der Waals surface area contributed by atoms with Gasteiger partial charge in [0.05, 0.1) is 0 Å². The standard InChI is InChI=1S/C22H21F3N2O6/c23-22(24,25)33-16-3-1-14(2-4-16)17-5-6-18(28)27-9-13-7-15(21(17)27)10-26(8-13)19(29)11-32-12-20(30)31/h1-6,13,15H,7-12H2,(H,30,31)/t13-,15-/m0/s1. The number of carboxylic acid groups (broad SMARTS) is 1. The third-order valence-corrected chi connectivity index (χ3v) is 5.79. The Labute approximate surface area is 186 Å². The number of alkyl halides is 3. The number of pyridine rings is 1. The molecule has 2 atom stereocenters. The smallest absolute Gasteiger partial charge is 0.480 e. The fourth-order valence-corrected chi connectivity index (χ4v) is 4.62. The van der Waals surface area contributed by atoms with Crippen LogP contribution in [0.15, 0.2) is 41.2 Å². The van der Waals surface area contributed by atoms with Crippen LogP contribution in [0.25, 0.3) is 11.1 Å². The molecule has 1 saturated heterocycles. The molecule has 1 amide bonds. The van der Waals surface area contributed by atoms with Gasteiger partial charge in [-0.15, -0.1) is 13.2 Å². The number of nitrogens with zero attached hydrogens (tertiary/aromatic N) is 2. The molecular formula is C22H21F3N2O6. The van der Waals surface area contributed by atoms with Crippen LogP contribution in [-0.4, -0.2) is 59.1 Å². The zero-order valence-electron chi connectivity index (χ0n) is 17.4. The van der Waals surface area contributed by atoms with Crippen molar-refractivity contribution in [3.8, 4) is 16.9 Å². The van der Waals surface area contributed by atoms with Gasteiger partial charge in [0, 0.05) is 42.9 Å². The minimum atomic E-state index is -4.79. The maximum absolute atomic E-state index is 12.6. The first-order valence-electron chi connectivity index (χ1n) is 10.3. The van der Waals surface area contributed by atoms with Crippen molar-refractivity contribution in [3.05, 3.63) is 52.4 Å². The number of carbonyl (C=O) groups is 2. The predicted octanol–water partition coefficient (Wildman–Crippen LogP) is 2.46. The van der Waals surface area contributed by atoms with E-state index in [2.05, 4.69) is 4.74 Å². The summed E-state index contributed by atoms with van der Waals surface area (Å²) in [6.45, 7) is 0.264. The Balaban J connectivity index is 1.60. The maximum atomic E-state index is 12.6. The van der Waals surface area contributed by atoms with Gasteiger partial charge in [-0.25, -0.2) is 4.79 Å². The molecule has 0 aliphatic carbocycles. The van der Waals surface area contributed by atoms with Crippen LogP contribution < -0.4 is 10.3 Å². The molecule has 2 aliphatic rings. The van der Waals surface area contributed by atoms with Gasteiger partial charge in [-0.1, -0.05) is 12.1 Å². The highest BCUT2D eigenvalue weighted by molar-refractivity contribution is 5.78. The minimum absolute atomic E-state index is 0.0511. The molecule has 0 unspecified atom stereocenters. The lowest BCUT2D eigenvalue weighted by molar-refractivity contribution is -0.274. The number of halogens is 3. The molecule has 4 rings (SSSR count). The van der Waals surface area contributed by atoms with Crippen LogP contribution in [0.1, 0.15) is 18.0 Å². The Morgan fingerprint density at radius 1 is 1.03 bits per heavy atom. The number of ether oxygens (including phenoxy) is 2. The van der Waals surface area contributed by atoms with Crippen molar-refractivity contribution in [1.29, 1.82) is 0 Å². The molecule has 2 bridgehead atoms. The number of carboxylic acids is 1. The Hall–Kier alpha value is -3.34. The molecule has 0 saturated carbocycles. The summed E-state index contributed by atoms with van der Waals surface area (Å²) < 4.78 is 47.9. The van der Waals surface area contributed by atoms with E-state index < -0.39 is 18.9 Å². The second-order valence-corrected chi connectivity index (χ2v) is 8.14. The van der Waals surface area contributed by atoms with Crippen molar-refractivity contribution >= 4 is 11.9 Å². The maximum Gasteiger partial charge on any atom is 0.573 e. The molecule has 1 N–H and O–H groups in total. The molecule has 2 aliphatic heterocycles. The van der Waals surface area contributed by atoms with E-state index in [0.717, 1.165) is 12.1 Å². The predicted molar refractivity (Wildman–Crippen MR) is 109 cm³/mol. The minimum Gasteiger partial charge on any atom is -0.480 e. The van der Waals surface area contributed by atoms with Gasteiger partial charge in [0.2, 0.25) is 5.91 Å². The highest BCUT2D eigenvalue weighted by Gasteiger charge is 2.38. The second kappa shape index (κ2) is 8.89. The number of carbonyl (C=O) groups excluding carboxylic acids is 1. The molecule has 0 spiro atoms. The topological polar surface area (TPSA) is 98.1 Å². The van der Waals surface area contributed by atoms with Crippen LogP contribution in [0.4, 0.5) is 13.2 Å². The number of piperidine rings is 1. The summed E-state index contributed by atoms with van der Waals surface area (Å²) in [6.07, 6.45) is -4.03. The van der Waals surface area contributed by atoms with Crippen LogP contribution in [0.2, 0.25) is 0 Å². The second-order valence-electron chi connectivity index (χ2n) is 8.14. The van der Waals surface area contributed by atoms with Crippen molar-refractivity contribution in [1.82, 2.24) is 9.47 Å². The molecule has 3 heterocycles. The first-order valence-corrected chi connectivity index (χ1v) is 10.3. The van der Waals surface area contributed by atoms with Crippen LogP contribution >= 0.6 is 0 Å². The average Bonchev–Trinajstić information content (AvgIpc) is 2.73. The van der Waals surface area contributed by atoms with E-state index in [9.17, 15) is 27.6 Å². The molecule has 11 heteroatoms. The van der Waals surface area contributed by atoms with Crippen molar-refractivity contribution in [2.75, 3.05) is 26.3 Å². The summed E-state index contributed by atoms with van der Waals surface area (Å²) in [5, 5.41) is 8.67.